The topological polar surface area (TPSA) is 22.1 Å². The Kier molecular flexibility index (Phi) is 4.93. The van der Waals surface area contributed by atoms with Gasteiger partial charge in [0.05, 0.1) is 11.3 Å². The third kappa shape index (κ3) is 3.90. The highest BCUT2D eigenvalue weighted by molar-refractivity contribution is 14.1. The summed E-state index contributed by atoms with van der Waals surface area (Å²) in [5, 5.41) is -0.116. The van der Waals surface area contributed by atoms with Crippen molar-refractivity contribution in [3.05, 3.63) is 21.0 Å². The second-order valence-electron chi connectivity index (χ2n) is 2.78. The number of hydrogen-bond donors (Lipinski definition) is 0. The van der Waals surface area contributed by atoms with E-state index >= 15 is 0 Å². The van der Waals surface area contributed by atoms with Crippen LogP contribution in [0.4, 0.5) is 22.0 Å². The first-order chi connectivity index (χ1) is 7.76. The third-order valence-electron chi connectivity index (χ3n) is 1.66. The number of nitrogens with zero attached hydrogens (tertiary/aromatic N) is 1. The predicted molar refractivity (Wildman–Crippen MR) is 61.2 cm³/mol. The van der Waals surface area contributed by atoms with Crippen molar-refractivity contribution in [1.29, 1.82) is 0 Å². The van der Waals surface area contributed by atoms with Crippen molar-refractivity contribution in [2.24, 2.45) is 0 Å². The smallest absolute Gasteiger partial charge is 0.403 e. The maximum atomic E-state index is 12.7. The van der Waals surface area contributed by atoms with Crippen molar-refractivity contribution in [3.8, 4) is 5.75 Å². The summed E-state index contributed by atoms with van der Waals surface area (Å²) in [5.74, 6) is -0.934. The molecule has 0 radical (unpaired) electrons. The van der Waals surface area contributed by atoms with E-state index in [0.29, 0.717) is 0 Å². The third-order valence-corrected chi connectivity index (χ3v) is 3.05. The molecule has 0 atom stereocenters. The van der Waals surface area contributed by atoms with Gasteiger partial charge in [-0.25, -0.2) is 8.78 Å². The van der Waals surface area contributed by atoms with Gasteiger partial charge in [0.1, 0.15) is 0 Å². The molecular weight excluding hydrogens is 428 g/mol. The average Bonchev–Trinajstić information content (AvgIpc) is 2.15. The summed E-state index contributed by atoms with van der Waals surface area (Å²) >= 11 is 4.35. The minimum atomic E-state index is -5.04. The van der Waals surface area contributed by atoms with Gasteiger partial charge in [-0.1, -0.05) is 15.9 Å². The summed E-state index contributed by atoms with van der Waals surface area (Å²) in [6.07, 6.45) is -7.03. The van der Waals surface area contributed by atoms with Crippen LogP contribution in [0.15, 0.2) is 6.20 Å². The van der Waals surface area contributed by atoms with Gasteiger partial charge in [0.2, 0.25) is 0 Å². The van der Waals surface area contributed by atoms with E-state index in [1.807, 2.05) is 0 Å². The van der Waals surface area contributed by atoms with Gasteiger partial charge in [0, 0.05) is 15.1 Å². The van der Waals surface area contributed by atoms with E-state index in [1.54, 1.807) is 0 Å². The molecule has 0 spiro atoms. The standard InChI is InChI=1S/C8H4BrF5INO/c9-1-4-6(17-8(12,13)14)5(7(10)11)3(15)2-16-4/h2,7H,1H2. The molecule has 0 unspecified atom stereocenters. The van der Waals surface area contributed by atoms with Crippen LogP contribution in [0, 0.1) is 3.57 Å². The first-order valence-corrected chi connectivity index (χ1v) is 6.23. The van der Waals surface area contributed by atoms with Gasteiger partial charge in [-0.05, 0) is 22.6 Å². The van der Waals surface area contributed by atoms with Crippen LogP contribution < -0.4 is 4.74 Å². The average molecular weight is 432 g/mol. The lowest BCUT2D eigenvalue weighted by molar-refractivity contribution is -0.275. The Labute approximate surface area is 115 Å². The number of hydrogen-bond acceptors (Lipinski definition) is 2. The quantitative estimate of drug-likeness (QED) is 0.401. The molecule has 1 aromatic heterocycles. The summed E-state index contributed by atoms with van der Waals surface area (Å²) in [4.78, 5) is 3.61. The Morgan fingerprint density at radius 2 is 2.00 bits per heavy atom. The molecule has 1 aromatic rings. The molecule has 0 bridgehead atoms. The van der Waals surface area contributed by atoms with E-state index in [2.05, 4.69) is 25.7 Å². The number of halogens is 7. The number of alkyl halides is 6. The largest absolute Gasteiger partial charge is 0.573 e. The van der Waals surface area contributed by atoms with Crippen LogP contribution in [0.2, 0.25) is 0 Å². The molecule has 0 fully saturated rings. The van der Waals surface area contributed by atoms with Gasteiger partial charge in [-0.15, -0.1) is 13.2 Å². The van der Waals surface area contributed by atoms with Crippen LogP contribution >= 0.6 is 38.5 Å². The molecule has 0 saturated heterocycles. The lowest BCUT2D eigenvalue weighted by Gasteiger charge is -2.16. The maximum absolute atomic E-state index is 12.7. The monoisotopic (exact) mass is 431 g/mol. The fourth-order valence-corrected chi connectivity index (χ4v) is 2.07. The van der Waals surface area contributed by atoms with Crippen molar-refractivity contribution in [3.63, 3.8) is 0 Å². The van der Waals surface area contributed by atoms with Crippen molar-refractivity contribution >= 4 is 38.5 Å². The summed E-state index contributed by atoms with van der Waals surface area (Å²) in [6, 6.07) is 0. The van der Waals surface area contributed by atoms with E-state index < -0.39 is 24.1 Å². The van der Waals surface area contributed by atoms with Gasteiger partial charge >= 0.3 is 6.36 Å². The molecular formula is C8H4BrF5INO. The Morgan fingerprint density at radius 3 is 2.41 bits per heavy atom. The summed E-state index contributed by atoms with van der Waals surface area (Å²) < 4.78 is 65.3. The molecule has 1 rings (SSSR count). The second kappa shape index (κ2) is 5.63. The van der Waals surface area contributed by atoms with Crippen molar-refractivity contribution < 1.29 is 26.7 Å². The molecule has 0 N–H and O–H groups in total. The van der Waals surface area contributed by atoms with Gasteiger partial charge in [-0.2, -0.15) is 0 Å². The van der Waals surface area contributed by atoms with E-state index in [0.717, 1.165) is 6.20 Å². The number of rotatable bonds is 3. The zero-order chi connectivity index (χ0) is 13.2. The van der Waals surface area contributed by atoms with Gasteiger partial charge in [0.25, 0.3) is 6.43 Å². The Balaban J connectivity index is 3.35. The summed E-state index contributed by atoms with van der Waals surface area (Å²) in [7, 11) is 0. The normalized spacial score (nSPS) is 12.0. The number of aromatic nitrogens is 1. The number of pyridine rings is 1. The van der Waals surface area contributed by atoms with Gasteiger partial charge in [-0.3, -0.25) is 4.98 Å². The molecule has 0 aliphatic carbocycles. The minimum absolute atomic E-state index is 0.0819. The Bertz CT molecular complexity index is 412. The molecule has 0 aromatic carbocycles. The molecule has 0 saturated carbocycles. The van der Waals surface area contributed by atoms with E-state index in [-0.39, 0.29) is 14.6 Å². The maximum Gasteiger partial charge on any atom is 0.573 e. The summed E-state index contributed by atoms with van der Waals surface area (Å²) in [5.41, 5.74) is -1.02. The Hall–Kier alpha value is -0.190. The van der Waals surface area contributed by atoms with Crippen LogP contribution in [0.3, 0.4) is 0 Å². The van der Waals surface area contributed by atoms with Crippen LogP contribution in [0.25, 0.3) is 0 Å². The van der Waals surface area contributed by atoms with Crippen molar-refractivity contribution in [2.75, 3.05) is 0 Å². The highest BCUT2D eigenvalue weighted by Crippen LogP contribution is 2.38. The molecule has 17 heavy (non-hydrogen) atoms. The Morgan fingerprint density at radius 1 is 1.41 bits per heavy atom. The fourth-order valence-electron chi connectivity index (χ4n) is 1.05. The molecule has 0 aliphatic rings. The van der Waals surface area contributed by atoms with Crippen LogP contribution in [-0.2, 0) is 5.33 Å². The molecule has 0 amide bonds. The molecule has 1 heterocycles. The molecule has 96 valence electrons. The van der Waals surface area contributed by atoms with E-state index in [4.69, 9.17) is 0 Å². The molecule has 2 nitrogen and oxygen atoms in total. The lowest BCUT2D eigenvalue weighted by atomic mass is 10.2. The van der Waals surface area contributed by atoms with E-state index in [9.17, 15) is 22.0 Å². The van der Waals surface area contributed by atoms with Crippen LogP contribution in [0.1, 0.15) is 17.7 Å². The first-order valence-electron chi connectivity index (χ1n) is 4.03. The number of ether oxygens (including phenoxy) is 1. The fraction of sp³-hybridized carbons (Fsp3) is 0.375. The van der Waals surface area contributed by atoms with Crippen LogP contribution in [-0.4, -0.2) is 11.3 Å². The first kappa shape index (κ1) is 14.9. The van der Waals surface area contributed by atoms with Gasteiger partial charge < -0.3 is 4.74 Å². The lowest BCUT2D eigenvalue weighted by Crippen LogP contribution is -2.20. The predicted octanol–water partition coefficient (Wildman–Crippen LogP) is 4.42. The summed E-state index contributed by atoms with van der Waals surface area (Å²) in [6.45, 7) is 0. The molecule has 0 aliphatic heterocycles. The zero-order valence-corrected chi connectivity index (χ0v) is 11.6. The minimum Gasteiger partial charge on any atom is -0.403 e. The highest BCUT2D eigenvalue weighted by atomic mass is 127. The molecule has 9 heteroatoms. The van der Waals surface area contributed by atoms with Crippen molar-refractivity contribution in [2.45, 2.75) is 18.1 Å². The van der Waals surface area contributed by atoms with Crippen molar-refractivity contribution in [1.82, 2.24) is 4.98 Å². The second-order valence-corrected chi connectivity index (χ2v) is 4.50. The zero-order valence-electron chi connectivity index (χ0n) is 7.86. The highest BCUT2D eigenvalue weighted by Gasteiger charge is 2.35. The van der Waals surface area contributed by atoms with Crippen LogP contribution in [0.5, 0.6) is 5.75 Å². The van der Waals surface area contributed by atoms with Gasteiger partial charge in [0.15, 0.2) is 5.75 Å². The van der Waals surface area contributed by atoms with E-state index in [1.165, 1.54) is 22.6 Å². The SMILES string of the molecule is FC(F)c1c(I)cnc(CBr)c1OC(F)(F)F.